The van der Waals surface area contributed by atoms with E-state index in [0.29, 0.717) is 10.8 Å². The summed E-state index contributed by atoms with van der Waals surface area (Å²) in [5.74, 6) is 0.310. The molecule has 3 heterocycles. The summed E-state index contributed by atoms with van der Waals surface area (Å²) < 4.78 is 31.5. The second kappa shape index (κ2) is 6.29. The average molecular weight is 338 g/mol. The van der Waals surface area contributed by atoms with Gasteiger partial charge in [0.1, 0.15) is 11.5 Å². The van der Waals surface area contributed by atoms with Crippen molar-refractivity contribution in [3.63, 3.8) is 0 Å². The van der Waals surface area contributed by atoms with Crippen LogP contribution in [0.5, 0.6) is 0 Å². The van der Waals surface area contributed by atoms with Crippen LogP contribution < -0.4 is 0 Å². The van der Waals surface area contributed by atoms with Crippen molar-refractivity contribution in [2.45, 2.75) is 13.1 Å². The lowest BCUT2D eigenvalue weighted by atomic mass is 10.4. The topological polar surface area (TPSA) is 64.2 Å². The highest BCUT2D eigenvalue weighted by molar-refractivity contribution is 7.13. The Morgan fingerprint density at radius 3 is 3.04 bits per heavy atom. The van der Waals surface area contributed by atoms with Gasteiger partial charge in [-0.25, -0.2) is 9.97 Å². The van der Waals surface area contributed by atoms with Crippen LogP contribution in [-0.2, 0) is 6.54 Å². The molecule has 3 rings (SSSR count). The molecular formula is C14H12F2N4O2S. The van der Waals surface area contributed by atoms with Crippen molar-refractivity contribution in [3.8, 4) is 10.8 Å². The van der Waals surface area contributed by atoms with Crippen molar-refractivity contribution < 1.29 is 18.0 Å². The van der Waals surface area contributed by atoms with E-state index in [9.17, 15) is 13.6 Å². The normalized spacial score (nSPS) is 11.1. The third kappa shape index (κ3) is 3.14. The van der Waals surface area contributed by atoms with E-state index in [1.165, 1.54) is 41.9 Å². The van der Waals surface area contributed by atoms with Crippen molar-refractivity contribution in [2.75, 3.05) is 7.05 Å². The van der Waals surface area contributed by atoms with E-state index in [-0.39, 0.29) is 24.0 Å². The summed E-state index contributed by atoms with van der Waals surface area (Å²) in [6.45, 7) is -2.73. The molecule has 3 aromatic rings. The summed E-state index contributed by atoms with van der Waals surface area (Å²) in [5, 5.41) is 2.19. The van der Waals surface area contributed by atoms with Crippen molar-refractivity contribution in [3.05, 3.63) is 47.7 Å². The number of hydrogen-bond donors (Lipinski definition) is 0. The van der Waals surface area contributed by atoms with Gasteiger partial charge in [0.05, 0.1) is 12.8 Å². The number of aromatic nitrogens is 3. The molecule has 0 atom stereocenters. The molecule has 120 valence electrons. The molecule has 6 nitrogen and oxygen atoms in total. The fraction of sp³-hybridized carbons (Fsp3) is 0.214. The minimum absolute atomic E-state index is 0.0379. The van der Waals surface area contributed by atoms with Crippen LogP contribution >= 0.6 is 11.3 Å². The van der Waals surface area contributed by atoms with Crippen LogP contribution in [0.1, 0.15) is 22.9 Å². The van der Waals surface area contributed by atoms with Gasteiger partial charge >= 0.3 is 6.55 Å². The largest absolute Gasteiger partial charge is 0.462 e. The molecule has 0 saturated carbocycles. The Morgan fingerprint density at radius 2 is 2.35 bits per heavy atom. The Bertz CT molecular complexity index is 797. The summed E-state index contributed by atoms with van der Waals surface area (Å²) in [6.07, 6.45) is 3.97. The lowest BCUT2D eigenvalue weighted by Crippen LogP contribution is -2.28. The first kappa shape index (κ1) is 15.3. The molecule has 0 bridgehead atoms. The Balaban J connectivity index is 1.74. The number of alkyl halides is 2. The summed E-state index contributed by atoms with van der Waals surface area (Å²) in [6, 6.07) is 3.48. The molecule has 0 aliphatic rings. The minimum atomic E-state index is -2.69. The number of carbonyl (C=O) groups excluding carboxylic acids is 1. The van der Waals surface area contributed by atoms with Gasteiger partial charge in [-0.15, -0.1) is 11.3 Å². The molecule has 0 fully saturated rings. The number of nitrogens with zero attached hydrogens (tertiary/aromatic N) is 4. The van der Waals surface area contributed by atoms with Crippen molar-refractivity contribution in [1.82, 2.24) is 19.4 Å². The van der Waals surface area contributed by atoms with E-state index in [1.807, 2.05) is 0 Å². The zero-order chi connectivity index (χ0) is 16.4. The van der Waals surface area contributed by atoms with E-state index in [4.69, 9.17) is 4.42 Å². The highest BCUT2D eigenvalue weighted by atomic mass is 32.1. The molecule has 0 aliphatic heterocycles. The van der Waals surface area contributed by atoms with E-state index in [1.54, 1.807) is 17.5 Å². The number of furan rings is 1. The Morgan fingerprint density at radius 1 is 1.52 bits per heavy atom. The fourth-order valence-electron chi connectivity index (χ4n) is 2.01. The summed E-state index contributed by atoms with van der Waals surface area (Å²) in [7, 11) is 1.51. The second-order valence-corrected chi connectivity index (χ2v) is 5.56. The number of imidazole rings is 1. The molecule has 0 aromatic carbocycles. The van der Waals surface area contributed by atoms with Crippen LogP contribution in [0.2, 0.25) is 0 Å². The van der Waals surface area contributed by atoms with Crippen molar-refractivity contribution in [2.24, 2.45) is 0 Å². The zero-order valence-electron chi connectivity index (χ0n) is 12.0. The van der Waals surface area contributed by atoms with Crippen LogP contribution in [0.3, 0.4) is 0 Å². The fourth-order valence-corrected chi connectivity index (χ4v) is 2.77. The third-order valence-corrected chi connectivity index (χ3v) is 4.00. The van der Waals surface area contributed by atoms with Gasteiger partial charge in [0.2, 0.25) is 0 Å². The molecule has 0 N–H and O–H groups in total. The number of carbonyl (C=O) groups is 1. The van der Waals surface area contributed by atoms with Crippen molar-refractivity contribution >= 4 is 17.2 Å². The summed E-state index contributed by atoms with van der Waals surface area (Å²) in [4.78, 5) is 21.7. The van der Waals surface area contributed by atoms with Gasteiger partial charge in [0.25, 0.3) is 5.91 Å². The maximum Gasteiger partial charge on any atom is 0.319 e. The van der Waals surface area contributed by atoms with Gasteiger partial charge in [0.15, 0.2) is 10.8 Å². The molecule has 9 heteroatoms. The molecule has 0 saturated heterocycles. The van der Waals surface area contributed by atoms with Gasteiger partial charge in [-0.05, 0) is 12.1 Å². The lowest BCUT2D eigenvalue weighted by molar-refractivity contribution is 0.0611. The SMILES string of the molecule is CN(Cc1nccn1C(F)F)C(=O)c1csc(-c2ccco2)n1. The molecule has 0 unspecified atom stereocenters. The molecule has 3 aromatic heterocycles. The smallest absolute Gasteiger partial charge is 0.319 e. The number of hydrogen-bond acceptors (Lipinski definition) is 5. The Hall–Kier alpha value is -2.55. The molecule has 0 radical (unpaired) electrons. The van der Waals surface area contributed by atoms with Gasteiger partial charge < -0.3 is 9.32 Å². The highest BCUT2D eigenvalue weighted by Gasteiger charge is 2.20. The summed E-state index contributed by atoms with van der Waals surface area (Å²) in [5.41, 5.74) is 0.235. The van der Waals surface area contributed by atoms with E-state index < -0.39 is 6.55 Å². The Kier molecular flexibility index (Phi) is 4.20. The number of halogens is 2. The predicted molar refractivity (Wildman–Crippen MR) is 79.1 cm³/mol. The van der Waals surface area contributed by atoms with Gasteiger partial charge in [0, 0.05) is 24.8 Å². The van der Waals surface area contributed by atoms with Gasteiger partial charge in [-0.2, -0.15) is 8.78 Å². The average Bonchev–Trinajstić information content (AvgIpc) is 3.26. The number of amides is 1. The van der Waals surface area contributed by atoms with Crippen LogP contribution in [0.15, 0.2) is 40.6 Å². The molecule has 1 amide bonds. The monoisotopic (exact) mass is 338 g/mol. The van der Waals surface area contributed by atoms with E-state index >= 15 is 0 Å². The van der Waals surface area contributed by atoms with Crippen LogP contribution in [0, 0.1) is 0 Å². The first-order valence-electron chi connectivity index (χ1n) is 6.61. The van der Waals surface area contributed by atoms with Gasteiger partial charge in [-0.1, -0.05) is 0 Å². The first-order valence-corrected chi connectivity index (χ1v) is 7.49. The highest BCUT2D eigenvalue weighted by Crippen LogP contribution is 2.24. The maximum absolute atomic E-state index is 12.8. The standard InChI is InChI=1S/C14H12F2N4O2S/c1-19(7-11-17-4-5-20(11)14(15)16)13(21)9-8-23-12(18-9)10-3-2-6-22-10/h2-6,8,14H,7H2,1H3. The number of rotatable bonds is 5. The minimum Gasteiger partial charge on any atom is -0.462 e. The molecule has 23 heavy (non-hydrogen) atoms. The summed E-state index contributed by atoms with van der Waals surface area (Å²) >= 11 is 1.28. The molecule has 0 aliphatic carbocycles. The van der Waals surface area contributed by atoms with Crippen molar-refractivity contribution in [1.29, 1.82) is 0 Å². The van der Waals surface area contributed by atoms with Gasteiger partial charge in [-0.3, -0.25) is 9.36 Å². The second-order valence-electron chi connectivity index (χ2n) is 4.70. The van der Waals surface area contributed by atoms with E-state index in [0.717, 1.165) is 4.57 Å². The molecular weight excluding hydrogens is 326 g/mol. The zero-order valence-corrected chi connectivity index (χ0v) is 12.8. The van der Waals surface area contributed by atoms with Crippen LogP contribution in [0.25, 0.3) is 10.8 Å². The Labute approximate surface area is 134 Å². The van der Waals surface area contributed by atoms with Crippen LogP contribution in [-0.4, -0.2) is 32.4 Å². The quantitative estimate of drug-likeness (QED) is 0.716. The predicted octanol–water partition coefficient (Wildman–Crippen LogP) is 3.27. The third-order valence-electron chi connectivity index (χ3n) is 3.14. The van der Waals surface area contributed by atoms with E-state index in [2.05, 4.69) is 9.97 Å². The molecule has 0 spiro atoms. The maximum atomic E-state index is 12.8. The number of thiazole rings is 1. The van der Waals surface area contributed by atoms with Crippen LogP contribution in [0.4, 0.5) is 8.78 Å². The first-order chi connectivity index (χ1) is 11.1. The lowest BCUT2D eigenvalue weighted by Gasteiger charge is -2.16.